The normalized spacial score (nSPS) is 12.1. The van der Waals surface area contributed by atoms with Crippen molar-refractivity contribution in [3.05, 3.63) is 24.3 Å². The van der Waals surface area contributed by atoms with E-state index in [1.807, 2.05) is 0 Å². The molecule has 0 atom stereocenters. The van der Waals surface area contributed by atoms with Gasteiger partial charge in [0.25, 0.3) is 0 Å². The number of nitrogens with two attached hydrogens (primary N) is 1. The minimum atomic E-state index is 0.729. The van der Waals surface area contributed by atoms with Gasteiger partial charge in [-0.1, -0.05) is 154 Å². The van der Waals surface area contributed by atoms with Gasteiger partial charge in [0.05, 0.1) is 0 Å². The molecular formula is C42H86N4. The number of rotatable bonds is 40. The number of hydrogen-bond acceptors (Lipinski definition) is 4. The molecule has 274 valence electrons. The summed E-state index contributed by atoms with van der Waals surface area (Å²) in [6.45, 7) is 13.1. The Bertz CT molecular complexity index is 590. The van der Waals surface area contributed by atoms with E-state index >= 15 is 0 Å². The van der Waals surface area contributed by atoms with E-state index in [0.717, 1.165) is 32.7 Å². The summed E-state index contributed by atoms with van der Waals surface area (Å²) in [5.74, 6) is 0. The number of hydrogen-bond donors (Lipinski definition) is 3. The lowest BCUT2D eigenvalue weighted by Crippen LogP contribution is -2.38. The first-order chi connectivity index (χ1) is 22.8. The average Bonchev–Trinajstić information content (AvgIpc) is 3.07. The second-order valence-electron chi connectivity index (χ2n) is 14.0. The van der Waals surface area contributed by atoms with Crippen molar-refractivity contribution in [1.29, 1.82) is 0 Å². The van der Waals surface area contributed by atoms with E-state index in [9.17, 15) is 0 Å². The van der Waals surface area contributed by atoms with E-state index in [0.29, 0.717) is 0 Å². The Kier molecular flexibility index (Phi) is 41.7. The van der Waals surface area contributed by atoms with Crippen LogP contribution in [-0.4, -0.2) is 57.3 Å². The van der Waals surface area contributed by atoms with Gasteiger partial charge in [-0.3, -0.25) is 0 Å². The topological polar surface area (TPSA) is 53.3 Å². The minimum Gasteiger partial charge on any atom is -0.329 e. The summed E-state index contributed by atoms with van der Waals surface area (Å²) in [5.41, 5.74) is 5.67. The highest BCUT2D eigenvalue weighted by molar-refractivity contribution is 4.82. The first kappa shape index (κ1) is 45.3. The molecule has 4 heteroatoms. The van der Waals surface area contributed by atoms with Gasteiger partial charge in [-0.25, -0.2) is 0 Å². The Morgan fingerprint density at radius 1 is 0.370 bits per heavy atom. The van der Waals surface area contributed by atoms with Crippen LogP contribution in [0.5, 0.6) is 0 Å². The highest BCUT2D eigenvalue weighted by Crippen LogP contribution is 2.12. The fraction of sp³-hybridized carbons (Fsp3) is 0.905. The maximum Gasteiger partial charge on any atom is 0.0107 e. The standard InChI is InChI=1S/C42H86N4/c1-3-5-7-9-11-13-15-17-19-21-23-25-27-29-31-33-36-44-38-41-46(42-39-45-37-35-43)40-34-32-30-28-26-24-22-20-18-16-14-12-10-8-6-4-2/h17-20,44-45H,3-16,21-43H2,1-2H3. The number of allylic oxidation sites excluding steroid dienone is 4. The zero-order chi connectivity index (χ0) is 33.3. The van der Waals surface area contributed by atoms with Crippen molar-refractivity contribution in [2.75, 3.05) is 52.4 Å². The molecule has 0 radical (unpaired) electrons. The van der Waals surface area contributed by atoms with Crippen LogP contribution in [0.1, 0.15) is 194 Å². The second-order valence-corrected chi connectivity index (χ2v) is 14.0. The predicted molar refractivity (Wildman–Crippen MR) is 210 cm³/mol. The first-order valence-corrected chi connectivity index (χ1v) is 21.0. The van der Waals surface area contributed by atoms with Crippen molar-refractivity contribution < 1.29 is 0 Å². The average molecular weight is 647 g/mol. The molecule has 0 unspecified atom stereocenters. The van der Waals surface area contributed by atoms with Crippen LogP contribution in [0.15, 0.2) is 24.3 Å². The first-order valence-electron chi connectivity index (χ1n) is 21.0. The van der Waals surface area contributed by atoms with Gasteiger partial charge in [0.2, 0.25) is 0 Å². The van der Waals surface area contributed by atoms with E-state index in [2.05, 4.69) is 53.7 Å². The summed E-state index contributed by atoms with van der Waals surface area (Å²) in [7, 11) is 0. The van der Waals surface area contributed by atoms with Gasteiger partial charge in [0.15, 0.2) is 0 Å². The molecule has 0 fully saturated rings. The van der Waals surface area contributed by atoms with E-state index in [1.54, 1.807) is 0 Å². The van der Waals surface area contributed by atoms with Gasteiger partial charge in [-0.15, -0.1) is 0 Å². The highest BCUT2D eigenvalue weighted by atomic mass is 15.1. The number of nitrogens with one attached hydrogen (secondary N) is 2. The van der Waals surface area contributed by atoms with Gasteiger partial charge < -0.3 is 21.3 Å². The summed E-state index contributed by atoms with van der Waals surface area (Å²) >= 11 is 0. The third-order valence-corrected chi connectivity index (χ3v) is 9.38. The van der Waals surface area contributed by atoms with Gasteiger partial charge in [-0.2, -0.15) is 0 Å². The quantitative estimate of drug-likeness (QED) is 0.0458. The largest absolute Gasteiger partial charge is 0.329 e. The van der Waals surface area contributed by atoms with Crippen molar-refractivity contribution >= 4 is 0 Å². The Morgan fingerprint density at radius 2 is 0.717 bits per heavy atom. The molecular weight excluding hydrogens is 560 g/mol. The molecule has 0 heterocycles. The van der Waals surface area contributed by atoms with Crippen molar-refractivity contribution in [2.24, 2.45) is 5.73 Å². The number of nitrogens with zero attached hydrogens (tertiary/aromatic N) is 1. The van der Waals surface area contributed by atoms with E-state index in [-0.39, 0.29) is 0 Å². The smallest absolute Gasteiger partial charge is 0.0107 e. The van der Waals surface area contributed by atoms with Crippen molar-refractivity contribution in [2.45, 2.75) is 194 Å². The van der Waals surface area contributed by atoms with Crippen molar-refractivity contribution in [1.82, 2.24) is 15.5 Å². The molecule has 0 saturated heterocycles. The van der Waals surface area contributed by atoms with Crippen LogP contribution in [0.25, 0.3) is 0 Å². The van der Waals surface area contributed by atoms with E-state index in [4.69, 9.17) is 5.73 Å². The molecule has 46 heavy (non-hydrogen) atoms. The van der Waals surface area contributed by atoms with Crippen LogP contribution in [0, 0.1) is 0 Å². The highest BCUT2D eigenvalue weighted by Gasteiger charge is 2.04. The van der Waals surface area contributed by atoms with Crippen LogP contribution in [0.3, 0.4) is 0 Å². The van der Waals surface area contributed by atoms with Crippen LogP contribution in [0.2, 0.25) is 0 Å². The Labute approximate surface area is 291 Å². The summed E-state index contributed by atoms with van der Waals surface area (Å²) < 4.78 is 0. The van der Waals surface area contributed by atoms with Crippen LogP contribution in [-0.2, 0) is 0 Å². The lowest BCUT2D eigenvalue weighted by atomic mass is 10.1. The number of unbranched alkanes of at least 4 members (excludes halogenated alkanes) is 24. The summed E-state index contributed by atoms with van der Waals surface area (Å²) in [4.78, 5) is 2.66. The molecule has 4 N–H and O–H groups in total. The minimum absolute atomic E-state index is 0.729. The second kappa shape index (κ2) is 42.3. The Hall–Kier alpha value is -0.680. The summed E-state index contributed by atoms with van der Waals surface area (Å²) in [5, 5.41) is 7.21. The molecule has 0 rings (SSSR count). The molecule has 0 aromatic carbocycles. The van der Waals surface area contributed by atoms with Gasteiger partial charge in [-0.05, 0) is 77.3 Å². The molecule has 4 nitrogen and oxygen atoms in total. The van der Waals surface area contributed by atoms with Gasteiger partial charge in [0, 0.05) is 39.3 Å². The molecule has 0 amide bonds. The summed E-state index contributed by atoms with van der Waals surface area (Å²) in [6, 6.07) is 0. The predicted octanol–water partition coefficient (Wildman–Crippen LogP) is 11.5. The Balaban J connectivity index is 3.65. The lowest BCUT2D eigenvalue weighted by molar-refractivity contribution is 0.266. The van der Waals surface area contributed by atoms with Crippen molar-refractivity contribution in [3.8, 4) is 0 Å². The maximum atomic E-state index is 5.67. The lowest BCUT2D eigenvalue weighted by Gasteiger charge is -2.23. The van der Waals surface area contributed by atoms with Crippen LogP contribution in [0.4, 0.5) is 0 Å². The van der Waals surface area contributed by atoms with Crippen LogP contribution >= 0.6 is 0 Å². The molecule has 0 saturated carbocycles. The fourth-order valence-electron chi connectivity index (χ4n) is 6.24. The third kappa shape index (κ3) is 39.5. The Morgan fingerprint density at radius 3 is 1.13 bits per heavy atom. The molecule has 0 aliphatic rings. The molecule has 0 aliphatic heterocycles. The van der Waals surface area contributed by atoms with Crippen molar-refractivity contribution in [3.63, 3.8) is 0 Å². The maximum absolute atomic E-state index is 5.67. The van der Waals surface area contributed by atoms with Gasteiger partial charge >= 0.3 is 0 Å². The molecule has 0 aromatic rings. The third-order valence-electron chi connectivity index (χ3n) is 9.38. The molecule has 0 spiro atoms. The van der Waals surface area contributed by atoms with Crippen LogP contribution < -0.4 is 16.4 Å². The van der Waals surface area contributed by atoms with Gasteiger partial charge in [0.1, 0.15) is 0 Å². The molecule has 0 bridgehead atoms. The molecule has 0 aliphatic carbocycles. The monoisotopic (exact) mass is 647 g/mol. The fourth-order valence-corrected chi connectivity index (χ4v) is 6.24. The summed E-state index contributed by atoms with van der Waals surface area (Å²) in [6.07, 6.45) is 48.3. The van der Waals surface area contributed by atoms with E-state index < -0.39 is 0 Å². The van der Waals surface area contributed by atoms with E-state index in [1.165, 1.54) is 199 Å². The zero-order valence-corrected chi connectivity index (χ0v) is 31.8. The SMILES string of the molecule is CCCCCCCCC=CCCCCCCCCNCCN(CCCCCCCCC=CCCCCCCCC)CCNCCN. The molecule has 0 aromatic heterocycles. The zero-order valence-electron chi connectivity index (χ0n) is 31.8.